The number of aryl methyl sites for hydroxylation is 1. The molecule has 1 aromatic rings. The molecule has 0 N–H and O–H groups in total. The Morgan fingerprint density at radius 2 is 2.00 bits per heavy atom. The fraction of sp³-hybridized carbons (Fsp3) is 0.500. The van der Waals surface area contributed by atoms with E-state index in [1.165, 1.54) is 0 Å². The maximum absolute atomic E-state index is 12.5. The molecule has 2 rings (SSSR count). The van der Waals surface area contributed by atoms with Crippen LogP contribution in [0, 0.1) is 10.5 Å². The number of piperazine rings is 1. The average Bonchev–Trinajstić information content (AvgIpc) is 2.42. The summed E-state index contributed by atoms with van der Waals surface area (Å²) in [5.41, 5.74) is 1.98. The number of hydrogen-bond donors (Lipinski definition) is 0. The third-order valence-electron chi connectivity index (χ3n) is 3.48. The summed E-state index contributed by atoms with van der Waals surface area (Å²) >= 11 is 8.00. The summed E-state index contributed by atoms with van der Waals surface area (Å²) in [6, 6.07) is 5.91. The van der Waals surface area contributed by atoms with Gasteiger partial charge in [0.05, 0.1) is 5.56 Å². The van der Waals surface area contributed by atoms with E-state index in [-0.39, 0.29) is 5.91 Å². The maximum Gasteiger partial charge on any atom is 0.255 e. The van der Waals surface area contributed by atoms with Gasteiger partial charge < -0.3 is 4.90 Å². The summed E-state index contributed by atoms with van der Waals surface area (Å²) in [4.78, 5) is 16.8. The Labute approximate surface area is 133 Å². The minimum atomic E-state index is 0.152. The highest BCUT2D eigenvalue weighted by molar-refractivity contribution is 14.1. The fourth-order valence-corrected chi connectivity index (χ4v) is 3.11. The van der Waals surface area contributed by atoms with Gasteiger partial charge in [-0.3, -0.25) is 9.69 Å². The van der Waals surface area contributed by atoms with Crippen LogP contribution in [0.1, 0.15) is 15.9 Å². The molecule has 19 heavy (non-hydrogen) atoms. The minimum absolute atomic E-state index is 0.152. The van der Waals surface area contributed by atoms with Crippen molar-refractivity contribution in [3.63, 3.8) is 0 Å². The molecule has 104 valence electrons. The van der Waals surface area contributed by atoms with Crippen LogP contribution in [0.25, 0.3) is 0 Å². The van der Waals surface area contributed by atoms with Gasteiger partial charge >= 0.3 is 0 Å². The molecule has 1 aromatic carbocycles. The van der Waals surface area contributed by atoms with Crippen molar-refractivity contribution in [2.24, 2.45) is 0 Å². The first-order chi connectivity index (χ1) is 9.13. The number of carbonyl (C=O) groups is 1. The lowest BCUT2D eigenvalue weighted by molar-refractivity contribution is 0.0643. The zero-order valence-corrected chi connectivity index (χ0v) is 13.9. The van der Waals surface area contributed by atoms with Crippen molar-refractivity contribution in [2.45, 2.75) is 6.92 Å². The largest absolute Gasteiger partial charge is 0.336 e. The van der Waals surface area contributed by atoms with Gasteiger partial charge in [0, 0.05) is 42.2 Å². The van der Waals surface area contributed by atoms with Gasteiger partial charge in [-0.25, -0.2) is 0 Å². The molecule has 0 aromatic heterocycles. The molecule has 1 amide bonds. The van der Waals surface area contributed by atoms with Crippen molar-refractivity contribution in [3.8, 4) is 0 Å². The van der Waals surface area contributed by atoms with Crippen molar-refractivity contribution in [3.05, 3.63) is 32.9 Å². The fourth-order valence-electron chi connectivity index (χ4n) is 2.28. The molecule has 0 radical (unpaired) electrons. The second kappa shape index (κ2) is 6.90. The van der Waals surface area contributed by atoms with E-state index in [0.29, 0.717) is 5.88 Å². The number of benzene rings is 1. The van der Waals surface area contributed by atoms with E-state index in [9.17, 15) is 4.79 Å². The highest BCUT2D eigenvalue weighted by Crippen LogP contribution is 2.19. The monoisotopic (exact) mass is 392 g/mol. The van der Waals surface area contributed by atoms with Crippen molar-refractivity contribution in [1.29, 1.82) is 0 Å². The Hall–Kier alpha value is -0.330. The lowest BCUT2D eigenvalue weighted by atomic mass is 10.1. The minimum Gasteiger partial charge on any atom is -0.336 e. The van der Waals surface area contributed by atoms with E-state index in [2.05, 4.69) is 27.5 Å². The molecule has 0 aliphatic carbocycles. The van der Waals surface area contributed by atoms with E-state index < -0.39 is 0 Å². The molecule has 1 aliphatic rings. The topological polar surface area (TPSA) is 23.6 Å². The van der Waals surface area contributed by atoms with E-state index in [0.717, 1.165) is 47.4 Å². The van der Waals surface area contributed by atoms with Gasteiger partial charge in [-0.1, -0.05) is 12.1 Å². The number of amides is 1. The van der Waals surface area contributed by atoms with Crippen LogP contribution in [0.4, 0.5) is 0 Å². The van der Waals surface area contributed by atoms with Crippen molar-refractivity contribution >= 4 is 40.1 Å². The lowest BCUT2D eigenvalue weighted by Crippen LogP contribution is -2.49. The summed E-state index contributed by atoms with van der Waals surface area (Å²) in [5.74, 6) is 0.808. The van der Waals surface area contributed by atoms with Crippen LogP contribution >= 0.6 is 34.2 Å². The number of nitrogens with zero attached hydrogens (tertiary/aromatic N) is 2. The van der Waals surface area contributed by atoms with Crippen molar-refractivity contribution in [1.82, 2.24) is 9.80 Å². The number of alkyl halides is 1. The predicted octanol–water partition coefficient (Wildman–Crippen LogP) is 2.60. The Bertz CT molecular complexity index is 459. The molecule has 0 saturated carbocycles. The quantitative estimate of drug-likeness (QED) is 0.583. The molecule has 1 heterocycles. The van der Waals surface area contributed by atoms with Crippen molar-refractivity contribution < 1.29 is 4.79 Å². The molecule has 1 saturated heterocycles. The van der Waals surface area contributed by atoms with Gasteiger partial charge in [0.15, 0.2) is 0 Å². The molecule has 0 spiro atoms. The number of halogens is 2. The van der Waals surface area contributed by atoms with E-state index >= 15 is 0 Å². The van der Waals surface area contributed by atoms with Crippen LogP contribution < -0.4 is 0 Å². The standard InChI is InChI=1S/C14H18ClIN2O/c1-11-3-2-4-12(13(11)16)14(19)18-9-7-17(6-5-15)8-10-18/h2-4H,5-10H2,1H3. The third kappa shape index (κ3) is 3.61. The predicted molar refractivity (Wildman–Crippen MR) is 87.0 cm³/mol. The first-order valence-electron chi connectivity index (χ1n) is 6.46. The molecule has 5 heteroatoms. The summed E-state index contributed by atoms with van der Waals surface area (Å²) < 4.78 is 1.06. The van der Waals surface area contributed by atoms with Crippen LogP contribution in [0.15, 0.2) is 18.2 Å². The first-order valence-corrected chi connectivity index (χ1v) is 8.07. The second-order valence-electron chi connectivity index (χ2n) is 4.76. The van der Waals surface area contributed by atoms with Gasteiger partial charge in [-0.05, 0) is 41.1 Å². The van der Waals surface area contributed by atoms with Crippen LogP contribution in [-0.2, 0) is 0 Å². The highest BCUT2D eigenvalue weighted by Gasteiger charge is 2.23. The smallest absolute Gasteiger partial charge is 0.255 e. The maximum atomic E-state index is 12.5. The Morgan fingerprint density at radius 1 is 1.32 bits per heavy atom. The SMILES string of the molecule is Cc1cccc(C(=O)N2CCN(CCCl)CC2)c1I. The number of carbonyl (C=O) groups excluding carboxylic acids is 1. The summed E-state index contributed by atoms with van der Waals surface area (Å²) in [7, 11) is 0. The molecular weight excluding hydrogens is 375 g/mol. The van der Waals surface area contributed by atoms with E-state index in [1.807, 2.05) is 30.0 Å². The summed E-state index contributed by atoms with van der Waals surface area (Å²) in [6.07, 6.45) is 0. The van der Waals surface area contributed by atoms with Crippen LogP contribution in [0.3, 0.4) is 0 Å². The Kier molecular flexibility index (Phi) is 5.47. The second-order valence-corrected chi connectivity index (χ2v) is 6.22. The zero-order chi connectivity index (χ0) is 13.8. The van der Waals surface area contributed by atoms with Gasteiger partial charge in [-0.15, -0.1) is 11.6 Å². The molecule has 0 atom stereocenters. The van der Waals surface area contributed by atoms with E-state index in [4.69, 9.17) is 11.6 Å². The molecule has 0 unspecified atom stereocenters. The molecular formula is C14H18ClIN2O. The number of hydrogen-bond acceptors (Lipinski definition) is 2. The molecule has 3 nitrogen and oxygen atoms in total. The van der Waals surface area contributed by atoms with E-state index in [1.54, 1.807) is 0 Å². The van der Waals surface area contributed by atoms with Gasteiger partial charge in [0.25, 0.3) is 5.91 Å². The Balaban J connectivity index is 2.03. The molecule has 1 fully saturated rings. The number of rotatable bonds is 3. The first kappa shape index (κ1) is 15.1. The van der Waals surface area contributed by atoms with Gasteiger partial charge in [0.2, 0.25) is 0 Å². The van der Waals surface area contributed by atoms with Crippen molar-refractivity contribution in [2.75, 3.05) is 38.6 Å². The normalized spacial score (nSPS) is 16.7. The highest BCUT2D eigenvalue weighted by atomic mass is 127. The van der Waals surface area contributed by atoms with Crippen LogP contribution in [-0.4, -0.2) is 54.3 Å². The summed E-state index contributed by atoms with van der Waals surface area (Å²) in [5, 5.41) is 0. The molecule has 1 aliphatic heterocycles. The van der Waals surface area contributed by atoms with Gasteiger partial charge in [-0.2, -0.15) is 0 Å². The van der Waals surface area contributed by atoms with Gasteiger partial charge in [0.1, 0.15) is 0 Å². The average molecular weight is 393 g/mol. The third-order valence-corrected chi connectivity index (χ3v) is 5.08. The Morgan fingerprint density at radius 3 is 2.63 bits per heavy atom. The van der Waals surface area contributed by atoms with Crippen LogP contribution in [0.5, 0.6) is 0 Å². The molecule has 0 bridgehead atoms. The lowest BCUT2D eigenvalue weighted by Gasteiger charge is -2.34. The summed E-state index contributed by atoms with van der Waals surface area (Å²) in [6.45, 7) is 6.36. The van der Waals surface area contributed by atoms with Crippen LogP contribution in [0.2, 0.25) is 0 Å². The zero-order valence-electron chi connectivity index (χ0n) is 11.0.